The number of benzene rings is 3. The third-order valence-electron chi connectivity index (χ3n) is 5.73. The number of thiocarbonyl (C=S) groups is 1. The summed E-state index contributed by atoms with van der Waals surface area (Å²) in [6.45, 7) is 1.62. The molecule has 0 spiro atoms. The third kappa shape index (κ3) is 6.70. The highest BCUT2D eigenvalue weighted by molar-refractivity contribution is 9.10. The molecule has 36 heavy (non-hydrogen) atoms. The number of rotatable bonds is 8. The van der Waals surface area contributed by atoms with E-state index in [1.165, 1.54) is 22.0 Å². The second-order valence-corrected chi connectivity index (χ2v) is 11.5. The molecule has 7 nitrogen and oxygen atoms in total. The van der Waals surface area contributed by atoms with Crippen molar-refractivity contribution < 1.29 is 17.9 Å². The van der Waals surface area contributed by atoms with Crippen molar-refractivity contribution in [2.75, 3.05) is 25.0 Å². The number of anilines is 1. The van der Waals surface area contributed by atoms with Crippen molar-refractivity contribution in [3.8, 4) is 5.75 Å². The minimum absolute atomic E-state index is 0.106. The number of ether oxygens (including phenoxy) is 1. The average molecular weight is 589 g/mol. The van der Waals surface area contributed by atoms with Crippen LogP contribution in [0.3, 0.4) is 0 Å². The zero-order valence-electron chi connectivity index (χ0n) is 19.4. The van der Waals surface area contributed by atoms with Crippen LogP contribution in [0.1, 0.15) is 28.8 Å². The van der Waals surface area contributed by atoms with Crippen LogP contribution in [0, 0.1) is 0 Å². The lowest BCUT2D eigenvalue weighted by atomic mass is 10.2. The molecule has 1 amide bonds. The van der Waals surface area contributed by atoms with E-state index >= 15 is 0 Å². The number of carbonyl (C=O) groups excluding carboxylic acids is 1. The molecule has 0 atom stereocenters. The first-order valence-electron chi connectivity index (χ1n) is 11.5. The normalized spacial score (nSPS) is 13.8. The Labute approximate surface area is 225 Å². The second kappa shape index (κ2) is 12.0. The van der Waals surface area contributed by atoms with Gasteiger partial charge in [-0.3, -0.25) is 10.1 Å². The van der Waals surface area contributed by atoms with E-state index in [9.17, 15) is 13.2 Å². The van der Waals surface area contributed by atoms with Crippen molar-refractivity contribution >= 4 is 54.9 Å². The summed E-state index contributed by atoms with van der Waals surface area (Å²) in [6, 6.07) is 21.5. The maximum atomic E-state index is 12.7. The molecule has 0 radical (unpaired) electrons. The molecule has 3 aromatic rings. The van der Waals surface area contributed by atoms with E-state index in [-0.39, 0.29) is 15.9 Å². The van der Waals surface area contributed by atoms with Crippen molar-refractivity contribution in [3.63, 3.8) is 0 Å². The van der Waals surface area contributed by atoms with Crippen molar-refractivity contribution in [2.45, 2.75) is 24.2 Å². The molecule has 1 saturated heterocycles. The Morgan fingerprint density at radius 3 is 2.36 bits per heavy atom. The standard InChI is InChI=1S/C26H26BrN3O4S2/c27-23-18-20(8-13-24(23)34-17-14-19-6-2-1-3-7-19)25(31)29-26(35)28-21-9-11-22(12-10-21)36(32,33)30-15-4-5-16-30/h1-3,6-13,18H,4-5,14-17H2,(H2,28,29,31,35). The molecule has 10 heteroatoms. The van der Waals surface area contributed by atoms with Crippen LogP contribution in [0.15, 0.2) is 82.2 Å². The fourth-order valence-corrected chi connectivity index (χ4v) is 6.03. The number of nitrogens with zero attached hydrogens (tertiary/aromatic N) is 1. The molecule has 0 saturated carbocycles. The lowest BCUT2D eigenvalue weighted by molar-refractivity contribution is 0.0977. The van der Waals surface area contributed by atoms with Gasteiger partial charge in [0.05, 0.1) is 16.0 Å². The Balaban J connectivity index is 1.29. The molecule has 1 fully saturated rings. The summed E-state index contributed by atoms with van der Waals surface area (Å²) >= 11 is 8.73. The molecule has 188 valence electrons. The summed E-state index contributed by atoms with van der Waals surface area (Å²) in [7, 11) is -3.48. The van der Waals surface area contributed by atoms with Gasteiger partial charge in [-0.1, -0.05) is 30.3 Å². The molecule has 0 aliphatic carbocycles. The van der Waals surface area contributed by atoms with E-state index in [0.29, 0.717) is 41.2 Å². The third-order valence-corrected chi connectivity index (χ3v) is 8.46. The molecule has 3 aromatic carbocycles. The number of sulfonamides is 1. The molecule has 2 N–H and O–H groups in total. The van der Waals surface area contributed by atoms with Crippen LogP contribution in [0.5, 0.6) is 5.75 Å². The van der Waals surface area contributed by atoms with Crippen LogP contribution >= 0.6 is 28.1 Å². The summed E-state index contributed by atoms with van der Waals surface area (Å²) in [5, 5.41) is 5.66. The van der Waals surface area contributed by atoms with Crippen molar-refractivity contribution in [2.24, 2.45) is 0 Å². The molecule has 1 aliphatic rings. The summed E-state index contributed by atoms with van der Waals surface area (Å²) < 4.78 is 33.3. The minimum Gasteiger partial charge on any atom is -0.492 e. The van der Waals surface area contributed by atoms with Gasteiger partial charge in [0.1, 0.15) is 5.75 Å². The number of nitrogens with one attached hydrogen (secondary N) is 2. The zero-order valence-corrected chi connectivity index (χ0v) is 22.7. The molecule has 0 bridgehead atoms. The summed E-state index contributed by atoms with van der Waals surface area (Å²) in [5.74, 6) is 0.268. The van der Waals surface area contributed by atoms with Gasteiger partial charge in [-0.25, -0.2) is 8.42 Å². The van der Waals surface area contributed by atoms with Crippen LogP contribution in [-0.2, 0) is 16.4 Å². The van der Waals surface area contributed by atoms with Gasteiger partial charge in [0.15, 0.2) is 5.11 Å². The monoisotopic (exact) mass is 587 g/mol. The average Bonchev–Trinajstić information content (AvgIpc) is 3.42. The SMILES string of the molecule is O=C(NC(=S)Nc1ccc(S(=O)(=O)N2CCCC2)cc1)c1ccc(OCCc2ccccc2)c(Br)c1. The Hall–Kier alpha value is -2.79. The van der Waals surface area contributed by atoms with Crippen molar-refractivity contribution in [1.82, 2.24) is 9.62 Å². The highest BCUT2D eigenvalue weighted by Gasteiger charge is 2.26. The lowest BCUT2D eigenvalue weighted by Gasteiger charge is -2.16. The van der Waals surface area contributed by atoms with Gasteiger partial charge in [0.25, 0.3) is 5.91 Å². The van der Waals surface area contributed by atoms with Gasteiger partial charge in [0, 0.05) is 30.8 Å². The summed E-state index contributed by atoms with van der Waals surface area (Å²) in [6.07, 6.45) is 2.54. The van der Waals surface area contributed by atoms with Crippen molar-refractivity contribution in [1.29, 1.82) is 0 Å². The van der Waals surface area contributed by atoms with E-state index in [4.69, 9.17) is 17.0 Å². The number of halogens is 1. The quantitative estimate of drug-likeness (QED) is 0.361. The zero-order chi connectivity index (χ0) is 25.5. The van der Waals surface area contributed by atoms with Crippen LogP contribution in [0.4, 0.5) is 5.69 Å². The first kappa shape index (κ1) is 26.3. The predicted molar refractivity (Wildman–Crippen MR) is 148 cm³/mol. The summed E-state index contributed by atoms with van der Waals surface area (Å²) in [5.41, 5.74) is 2.17. The molecular weight excluding hydrogens is 562 g/mol. The predicted octanol–water partition coefficient (Wildman–Crippen LogP) is 4.98. The number of hydrogen-bond acceptors (Lipinski definition) is 5. The Kier molecular flexibility index (Phi) is 8.73. The van der Waals surface area contributed by atoms with E-state index in [1.54, 1.807) is 30.3 Å². The van der Waals surface area contributed by atoms with Crippen LogP contribution in [0.2, 0.25) is 0 Å². The Bertz CT molecular complexity index is 1330. The van der Waals surface area contributed by atoms with E-state index < -0.39 is 10.0 Å². The minimum atomic E-state index is -3.48. The van der Waals surface area contributed by atoms with Gasteiger partial charge < -0.3 is 10.1 Å². The van der Waals surface area contributed by atoms with Crippen LogP contribution in [-0.4, -0.2) is 43.4 Å². The lowest BCUT2D eigenvalue weighted by Crippen LogP contribution is -2.34. The molecule has 0 aromatic heterocycles. The maximum absolute atomic E-state index is 12.7. The largest absolute Gasteiger partial charge is 0.492 e. The first-order valence-corrected chi connectivity index (χ1v) is 14.2. The molecule has 1 heterocycles. The molecule has 0 unspecified atom stereocenters. The highest BCUT2D eigenvalue weighted by atomic mass is 79.9. The van der Waals surface area contributed by atoms with Gasteiger partial charge >= 0.3 is 0 Å². The topological polar surface area (TPSA) is 87.7 Å². The van der Waals surface area contributed by atoms with Crippen LogP contribution in [0.25, 0.3) is 0 Å². The first-order chi connectivity index (χ1) is 17.3. The highest BCUT2D eigenvalue weighted by Crippen LogP contribution is 2.26. The van der Waals surface area contributed by atoms with Gasteiger partial charge in [-0.15, -0.1) is 0 Å². The summed E-state index contributed by atoms with van der Waals surface area (Å²) in [4.78, 5) is 12.9. The number of carbonyl (C=O) groups is 1. The van der Waals surface area contributed by atoms with E-state index in [2.05, 4.69) is 26.6 Å². The smallest absolute Gasteiger partial charge is 0.257 e. The van der Waals surface area contributed by atoms with Crippen molar-refractivity contribution in [3.05, 3.63) is 88.4 Å². The molecule has 1 aliphatic heterocycles. The molecular formula is C26H26BrN3O4S2. The Morgan fingerprint density at radius 1 is 1.00 bits per heavy atom. The van der Waals surface area contributed by atoms with Gasteiger partial charge in [-0.05, 0) is 89.0 Å². The number of amides is 1. The molecule has 4 rings (SSSR count). The second-order valence-electron chi connectivity index (χ2n) is 8.27. The van der Waals surface area contributed by atoms with Gasteiger partial charge in [0.2, 0.25) is 10.0 Å². The maximum Gasteiger partial charge on any atom is 0.257 e. The van der Waals surface area contributed by atoms with E-state index in [0.717, 1.165) is 19.3 Å². The fourth-order valence-electron chi connectivity index (χ4n) is 3.81. The van der Waals surface area contributed by atoms with Gasteiger partial charge in [-0.2, -0.15) is 4.31 Å². The van der Waals surface area contributed by atoms with E-state index in [1.807, 2.05) is 30.3 Å². The Morgan fingerprint density at radius 2 is 1.69 bits per heavy atom. The van der Waals surface area contributed by atoms with Crippen LogP contribution < -0.4 is 15.4 Å². The number of hydrogen-bond donors (Lipinski definition) is 2. The fraction of sp³-hybridized carbons (Fsp3) is 0.231.